The first-order valence-electron chi connectivity index (χ1n) is 8.80. The standard InChI is InChI=1S/C17H21F2N5O2S/c1-26-10-2-3-13-11(8-10)21-17(27-13)24-6-4-23(5-7-24)16-20-12(15(18)19)9-14(25)22-16/h2-3,8,12,15-16,20H,4-7,9H2,1H3,(H,22,25). The Morgan fingerprint density at radius 1 is 1.30 bits per heavy atom. The number of anilines is 1. The van der Waals surface area contributed by atoms with Crippen molar-refractivity contribution in [3.63, 3.8) is 0 Å². The average molecular weight is 397 g/mol. The molecule has 10 heteroatoms. The van der Waals surface area contributed by atoms with E-state index in [9.17, 15) is 13.6 Å². The van der Waals surface area contributed by atoms with Gasteiger partial charge in [0.2, 0.25) is 5.91 Å². The van der Waals surface area contributed by atoms with Crippen molar-refractivity contribution in [2.75, 3.05) is 38.2 Å². The molecule has 1 amide bonds. The normalized spacial score (nSPS) is 24.4. The molecule has 27 heavy (non-hydrogen) atoms. The number of ether oxygens (including phenoxy) is 1. The molecule has 2 unspecified atom stereocenters. The molecule has 2 aromatic rings. The molecule has 4 rings (SSSR count). The van der Waals surface area contributed by atoms with E-state index in [4.69, 9.17) is 9.72 Å². The molecule has 2 aliphatic heterocycles. The average Bonchev–Trinajstić information content (AvgIpc) is 3.10. The van der Waals surface area contributed by atoms with Gasteiger partial charge in [-0.05, 0) is 12.1 Å². The third-order valence-electron chi connectivity index (χ3n) is 4.91. The van der Waals surface area contributed by atoms with E-state index in [-0.39, 0.29) is 12.3 Å². The number of aromatic nitrogens is 1. The maximum atomic E-state index is 13.0. The van der Waals surface area contributed by atoms with Gasteiger partial charge in [0.15, 0.2) is 5.13 Å². The smallest absolute Gasteiger partial charge is 0.254 e. The van der Waals surface area contributed by atoms with Crippen molar-refractivity contribution < 1.29 is 18.3 Å². The van der Waals surface area contributed by atoms with E-state index in [1.807, 2.05) is 23.1 Å². The summed E-state index contributed by atoms with van der Waals surface area (Å²) in [7, 11) is 1.63. The van der Waals surface area contributed by atoms with Gasteiger partial charge in [-0.15, -0.1) is 0 Å². The van der Waals surface area contributed by atoms with Crippen molar-refractivity contribution in [3.05, 3.63) is 18.2 Å². The number of nitrogens with zero attached hydrogens (tertiary/aromatic N) is 3. The number of thiazole rings is 1. The molecular formula is C17H21F2N5O2S. The number of benzene rings is 1. The van der Waals surface area contributed by atoms with Gasteiger partial charge in [-0.3, -0.25) is 15.0 Å². The van der Waals surface area contributed by atoms with Crippen LogP contribution in [-0.2, 0) is 4.79 Å². The highest BCUT2D eigenvalue weighted by atomic mass is 32.1. The van der Waals surface area contributed by atoms with E-state index in [0.717, 1.165) is 21.1 Å². The lowest BCUT2D eigenvalue weighted by Gasteiger charge is -2.42. The summed E-state index contributed by atoms with van der Waals surface area (Å²) in [6, 6.07) is 4.73. The molecule has 0 saturated carbocycles. The predicted molar refractivity (Wildman–Crippen MR) is 99.4 cm³/mol. The maximum absolute atomic E-state index is 13.0. The summed E-state index contributed by atoms with van der Waals surface area (Å²) in [4.78, 5) is 20.6. The SMILES string of the molecule is COc1ccc2sc(N3CCN(C4NC(=O)CC(C(F)F)N4)CC3)nc2c1. The number of halogens is 2. The zero-order valence-electron chi connectivity index (χ0n) is 14.8. The largest absolute Gasteiger partial charge is 0.497 e. The lowest BCUT2D eigenvalue weighted by molar-refractivity contribution is -0.129. The molecule has 146 valence electrons. The molecule has 7 nitrogen and oxygen atoms in total. The molecule has 2 fully saturated rings. The lowest BCUT2D eigenvalue weighted by atomic mass is 10.1. The Labute approximate surface area is 159 Å². The summed E-state index contributed by atoms with van der Waals surface area (Å²) in [6.45, 7) is 2.72. The quantitative estimate of drug-likeness (QED) is 0.814. The fraction of sp³-hybridized carbons (Fsp3) is 0.529. The van der Waals surface area contributed by atoms with Crippen molar-refractivity contribution in [2.45, 2.75) is 25.2 Å². The van der Waals surface area contributed by atoms with Gasteiger partial charge in [-0.25, -0.2) is 13.8 Å². The number of hydrogen-bond donors (Lipinski definition) is 2. The number of nitrogens with one attached hydrogen (secondary N) is 2. The van der Waals surface area contributed by atoms with Crippen LogP contribution in [0, 0.1) is 0 Å². The van der Waals surface area contributed by atoms with E-state index in [0.29, 0.717) is 26.2 Å². The molecule has 2 saturated heterocycles. The van der Waals surface area contributed by atoms with E-state index in [1.165, 1.54) is 0 Å². The number of alkyl halides is 2. The van der Waals surface area contributed by atoms with Gasteiger partial charge in [0.05, 0.1) is 23.4 Å². The number of carbonyl (C=O) groups excluding carboxylic acids is 1. The molecule has 1 aromatic carbocycles. The van der Waals surface area contributed by atoms with Gasteiger partial charge in [0.25, 0.3) is 6.43 Å². The minimum absolute atomic E-state index is 0.191. The van der Waals surface area contributed by atoms with Crippen molar-refractivity contribution in [1.82, 2.24) is 20.5 Å². The van der Waals surface area contributed by atoms with Crippen molar-refractivity contribution in [2.24, 2.45) is 0 Å². The summed E-state index contributed by atoms with van der Waals surface area (Å²) in [5, 5.41) is 6.53. The topological polar surface area (TPSA) is 69.7 Å². The molecule has 0 spiro atoms. The fourth-order valence-corrected chi connectivity index (χ4v) is 4.40. The van der Waals surface area contributed by atoms with Crippen LogP contribution < -0.4 is 20.3 Å². The minimum Gasteiger partial charge on any atom is -0.497 e. The van der Waals surface area contributed by atoms with Crippen LogP contribution in [0.3, 0.4) is 0 Å². The number of rotatable bonds is 4. The van der Waals surface area contributed by atoms with Crippen LogP contribution in [0.5, 0.6) is 5.75 Å². The van der Waals surface area contributed by atoms with Crippen molar-refractivity contribution in [3.8, 4) is 5.75 Å². The first-order chi connectivity index (χ1) is 13.0. The molecule has 2 aliphatic rings. The Kier molecular flexibility index (Phi) is 5.11. The highest BCUT2D eigenvalue weighted by Crippen LogP contribution is 2.31. The van der Waals surface area contributed by atoms with Gasteiger partial charge in [0, 0.05) is 38.7 Å². The Hall–Kier alpha value is -2.04. The first-order valence-corrected chi connectivity index (χ1v) is 9.62. The first kappa shape index (κ1) is 18.3. The van der Waals surface area contributed by atoms with E-state index < -0.39 is 18.8 Å². The monoisotopic (exact) mass is 397 g/mol. The second-order valence-corrected chi connectivity index (χ2v) is 7.64. The molecule has 1 aromatic heterocycles. The van der Waals surface area contributed by atoms with Crippen molar-refractivity contribution in [1.29, 1.82) is 0 Å². The number of hydrogen-bond acceptors (Lipinski definition) is 7. The zero-order valence-corrected chi connectivity index (χ0v) is 15.6. The van der Waals surface area contributed by atoms with Crippen LogP contribution >= 0.6 is 11.3 Å². The van der Waals surface area contributed by atoms with Crippen LogP contribution in [0.15, 0.2) is 18.2 Å². The third kappa shape index (κ3) is 3.83. The molecule has 3 heterocycles. The minimum atomic E-state index is -2.56. The molecule has 2 N–H and O–H groups in total. The Bertz CT molecular complexity index is 825. The molecule has 2 atom stereocenters. The van der Waals surface area contributed by atoms with Gasteiger partial charge < -0.3 is 15.0 Å². The van der Waals surface area contributed by atoms with Crippen LogP contribution in [0.1, 0.15) is 6.42 Å². The molecular weight excluding hydrogens is 376 g/mol. The number of fused-ring (bicyclic) bond motifs is 1. The maximum Gasteiger partial charge on any atom is 0.254 e. The zero-order chi connectivity index (χ0) is 19.0. The van der Waals surface area contributed by atoms with Crippen LogP contribution in [0.4, 0.5) is 13.9 Å². The van der Waals surface area contributed by atoms with Gasteiger partial charge in [0.1, 0.15) is 12.0 Å². The van der Waals surface area contributed by atoms with Crippen molar-refractivity contribution >= 4 is 32.6 Å². The predicted octanol–water partition coefficient (Wildman–Crippen LogP) is 1.45. The summed E-state index contributed by atoms with van der Waals surface area (Å²) >= 11 is 1.62. The summed E-state index contributed by atoms with van der Waals surface area (Å²) in [5.74, 6) is 0.434. The van der Waals surface area contributed by atoms with Crippen LogP contribution in [0.2, 0.25) is 0 Å². The number of carbonyl (C=O) groups is 1. The van der Waals surface area contributed by atoms with E-state index >= 15 is 0 Å². The third-order valence-corrected chi connectivity index (χ3v) is 6.01. The van der Waals surface area contributed by atoms with Crippen LogP contribution in [-0.4, -0.2) is 67.8 Å². The Morgan fingerprint density at radius 3 is 2.78 bits per heavy atom. The Balaban J connectivity index is 1.40. The molecule has 0 aliphatic carbocycles. The number of methoxy groups -OCH3 is 1. The summed E-state index contributed by atoms with van der Waals surface area (Å²) in [5.41, 5.74) is 0.901. The van der Waals surface area contributed by atoms with Gasteiger partial charge in [-0.2, -0.15) is 0 Å². The Morgan fingerprint density at radius 2 is 2.07 bits per heavy atom. The van der Waals surface area contributed by atoms with Gasteiger partial charge in [-0.1, -0.05) is 11.3 Å². The summed E-state index contributed by atoms with van der Waals surface area (Å²) < 4.78 is 32.3. The highest BCUT2D eigenvalue weighted by molar-refractivity contribution is 7.22. The van der Waals surface area contributed by atoms with Crippen LogP contribution in [0.25, 0.3) is 10.2 Å². The lowest BCUT2D eigenvalue weighted by Crippen LogP contribution is -2.67. The second kappa shape index (κ2) is 7.53. The van der Waals surface area contributed by atoms with Gasteiger partial charge >= 0.3 is 0 Å². The van der Waals surface area contributed by atoms with E-state index in [1.54, 1.807) is 18.4 Å². The fourth-order valence-electron chi connectivity index (χ4n) is 3.40. The molecule has 0 radical (unpaired) electrons. The second-order valence-electron chi connectivity index (χ2n) is 6.63. The molecule has 0 bridgehead atoms. The highest BCUT2D eigenvalue weighted by Gasteiger charge is 2.35. The van der Waals surface area contributed by atoms with E-state index in [2.05, 4.69) is 15.5 Å². The summed E-state index contributed by atoms with van der Waals surface area (Å²) in [6.07, 6.45) is -3.30. The number of amides is 1. The number of piperazine rings is 1.